The van der Waals surface area contributed by atoms with Crippen LogP contribution in [0.25, 0.3) is 0 Å². The van der Waals surface area contributed by atoms with Gasteiger partial charge in [0.05, 0.1) is 29.8 Å². The van der Waals surface area contributed by atoms with Gasteiger partial charge in [0.15, 0.2) is 6.29 Å². The molecule has 4 N–H and O–H groups in total. The highest BCUT2D eigenvalue weighted by atomic mass is 16.7. The minimum atomic E-state index is -1.46. The first kappa shape index (κ1) is 33.9. The molecule has 0 saturated carbocycles. The zero-order chi connectivity index (χ0) is 29.8. The molecule has 39 heavy (non-hydrogen) atoms. The number of carbonyl (C=O) groups excluding carboxylic acids is 2. The third kappa shape index (κ3) is 9.10. The average molecular weight is 558 g/mol. The Morgan fingerprint density at radius 3 is 2.33 bits per heavy atom. The molecule has 0 radical (unpaired) electrons. The summed E-state index contributed by atoms with van der Waals surface area (Å²) in [5.74, 6) is -1.75. The van der Waals surface area contributed by atoms with Gasteiger partial charge < -0.3 is 39.9 Å². The lowest BCUT2D eigenvalue weighted by molar-refractivity contribution is -0.299. The van der Waals surface area contributed by atoms with E-state index >= 15 is 0 Å². The van der Waals surface area contributed by atoms with Crippen molar-refractivity contribution in [2.75, 3.05) is 27.7 Å². The maximum atomic E-state index is 13.3. The smallest absolute Gasteiger partial charge is 0.225 e. The molecule has 1 unspecified atom stereocenters. The third-order valence-electron chi connectivity index (χ3n) is 8.41. The van der Waals surface area contributed by atoms with Crippen LogP contribution in [-0.4, -0.2) is 113 Å². The highest BCUT2D eigenvalue weighted by molar-refractivity contribution is 5.81. The molecule has 10 heteroatoms. The maximum absolute atomic E-state index is 13.3. The Balaban J connectivity index is 2.44. The fourth-order valence-corrected chi connectivity index (χ4v) is 6.34. The second-order valence-electron chi connectivity index (χ2n) is 13.2. The van der Waals surface area contributed by atoms with Gasteiger partial charge in [-0.15, -0.1) is 0 Å². The van der Waals surface area contributed by atoms with E-state index in [0.29, 0.717) is 19.4 Å². The van der Waals surface area contributed by atoms with Gasteiger partial charge >= 0.3 is 0 Å². The summed E-state index contributed by atoms with van der Waals surface area (Å²) in [6.07, 6.45) is -2.58. The largest absolute Gasteiger partial charge is 0.392 e. The summed E-state index contributed by atoms with van der Waals surface area (Å²) < 4.78 is 12.4. The van der Waals surface area contributed by atoms with Gasteiger partial charge in [-0.3, -0.25) is 9.59 Å². The van der Waals surface area contributed by atoms with Gasteiger partial charge in [-0.1, -0.05) is 34.6 Å². The van der Waals surface area contributed by atoms with Crippen molar-refractivity contribution in [3.05, 3.63) is 0 Å². The van der Waals surface area contributed by atoms with E-state index in [1.54, 1.807) is 32.7 Å². The Labute approximate surface area is 235 Å². The van der Waals surface area contributed by atoms with Crippen LogP contribution in [0.15, 0.2) is 0 Å². The normalized spacial score (nSPS) is 42.0. The van der Waals surface area contributed by atoms with E-state index in [9.17, 15) is 24.9 Å². The van der Waals surface area contributed by atoms with Gasteiger partial charge in [-0.25, -0.2) is 0 Å². The minimum Gasteiger partial charge on any atom is -0.392 e. The van der Waals surface area contributed by atoms with Crippen molar-refractivity contribution in [3.8, 4) is 0 Å². The lowest BCUT2D eigenvalue weighted by atomic mass is 9.77. The number of amides is 2. The van der Waals surface area contributed by atoms with Crippen molar-refractivity contribution in [3.63, 3.8) is 0 Å². The molecule has 2 aliphatic heterocycles. The molecule has 2 saturated heterocycles. The second-order valence-corrected chi connectivity index (χ2v) is 13.2. The van der Waals surface area contributed by atoms with Crippen LogP contribution < -0.4 is 5.32 Å². The van der Waals surface area contributed by atoms with Gasteiger partial charge in [0.25, 0.3) is 0 Å². The molecule has 10 nitrogen and oxygen atoms in total. The predicted molar refractivity (Wildman–Crippen MR) is 150 cm³/mol. The number of carbonyl (C=O) groups is 2. The molecule has 2 fully saturated rings. The number of aliphatic hydroxyl groups excluding tert-OH is 2. The summed E-state index contributed by atoms with van der Waals surface area (Å²) in [7, 11) is 5.52. The lowest BCUT2D eigenvalue weighted by Gasteiger charge is -2.46. The van der Waals surface area contributed by atoms with E-state index in [1.807, 2.05) is 46.7 Å². The summed E-state index contributed by atoms with van der Waals surface area (Å²) >= 11 is 0. The summed E-state index contributed by atoms with van der Waals surface area (Å²) in [5, 5.41) is 37.3. The molecule has 2 aliphatic rings. The van der Waals surface area contributed by atoms with Crippen LogP contribution in [0, 0.1) is 23.7 Å². The first-order valence-electron chi connectivity index (χ1n) is 14.5. The minimum absolute atomic E-state index is 0.0821. The number of aliphatic hydroxyl groups is 3. The SMILES string of the molecule is CC(C)CC1CC(=O)N(C)C[C@H](C)C[C@@](C)(O)[C@H](O[C@@H]2O[C@H](C)C[C@H](N(C)C)[C@H]2O)[C@@H](C)[C@H](O)[C@@H](C)C(=O)N1. The molecular formula is C29H55N3O7. The number of likely N-dealkylation sites (N-methyl/N-ethyl adjacent to an activating group) is 1. The van der Waals surface area contributed by atoms with E-state index in [-0.39, 0.29) is 54.7 Å². The van der Waals surface area contributed by atoms with E-state index < -0.39 is 42.0 Å². The Morgan fingerprint density at radius 2 is 1.77 bits per heavy atom. The first-order valence-corrected chi connectivity index (χ1v) is 14.5. The lowest BCUT2D eigenvalue weighted by Crippen LogP contribution is -2.59. The van der Waals surface area contributed by atoms with Crippen molar-refractivity contribution >= 4 is 11.8 Å². The summed E-state index contributed by atoms with van der Waals surface area (Å²) in [6.45, 7) is 13.4. The van der Waals surface area contributed by atoms with Crippen molar-refractivity contribution in [2.24, 2.45) is 23.7 Å². The van der Waals surface area contributed by atoms with Crippen molar-refractivity contribution in [1.29, 1.82) is 0 Å². The number of nitrogens with one attached hydrogen (secondary N) is 1. The van der Waals surface area contributed by atoms with Crippen molar-refractivity contribution in [1.82, 2.24) is 15.1 Å². The number of ether oxygens (including phenoxy) is 2. The van der Waals surface area contributed by atoms with E-state index in [0.717, 1.165) is 0 Å². The molecule has 0 bridgehead atoms. The monoisotopic (exact) mass is 557 g/mol. The van der Waals surface area contributed by atoms with Gasteiger partial charge in [0.2, 0.25) is 11.8 Å². The van der Waals surface area contributed by atoms with Gasteiger partial charge in [0, 0.05) is 38.0 Å². The maximum Gasteiger partial charge on any atom is 0.225 e. The second kappa shape index (κ2) is 14.0. The molecule has 11 atom stereocenters. The molecule has 0 aromatic heterocycles. The average Bonchev–Trinajstić information content (AvgIpc) is 2.80. The van der Waals surface area contributed by atoms with Crippen LogP contribution in [0.4, 0.5) is 0 Å². The van der Waals surface area contributed by atoms with Gasteiger partial charge in [0.1, 0.15) is 6.10 Å². The van der Waals surface area contributed by atoms with Crippen molar-refractivity contribution < 1.29 is 34.4 Å². The van der Waals surface area contributed by atoms with E-state index in [1.165, 1.54) is 0 Å². The number of hydrogen-bond acceptors (Lipinski definition) is 8. The Kier molecular flexibility index (Phi) is 12.2. The molecule has 2 rings (SSSR count). The molecule has 0 aromatic carbocycles. The zero-order valence-corrected chi connectivity index (χ0v) is 25.8. The van der Waals surface area contributed by atoms with Crippen molar-refractivity contribution in [2.45, 2.75) is 123 Å². The highest BCUT2D eigenvalue weighted by Crippen LogP contribution is 2.35. The molecular weight excluding hydrogens is 502 g/mol. The van der Waals surface area contributed by atoms with Crippen LogP contribution in [-0.2, 0) is 19.1 Å². The summed E-state index contributed by atoms with van der Waals surface area (Å²) in [5.41, 5.74) is -1.46. The van der Waals surface area contributed by atoms with Gasteiger partial charge in [-0.05, 0) is 59.0 Å². The summed E-state index contributed by atoms with van der Waals surface area (Å²) in [4.78, 5) is 29.9. The number of hydrogen-bond donors (Lipinski definition) is 4. The highest BCUT2D eigenvalue weighted by Gasteiger charge is 2.47. The van der Waals surface area contributed by atoms with Crippen LogP contribution in [0.5, 0.6) is 0 Å². The molecule has 0 aliphatic carbocycles. The Hall–Kier alpha value is -1.30. The summed E-state index contributed by atoms with van der Waals surface area (Å²) in [6, 6.07) is -0.551. The zero-order valence-electron chi connectivity index (χ0n) is 25.8. The Morgan fingerprint density at radius 1 is 1.15 bits per heavy atom. The topological polar surface area (TPSA) is 132 Å². The van der Waals surface area contributed by atoms with Gasteiger partial charge in [-0.2, -0.15) is 0 Å². The predicted octanol–water partition coefficient (Wildman–Crippen LogP) is 1.60. The standard InChI is InChI=1S/C29H55N3O7/c1-16(2)11-21-13-23(33)32(10)15-17(3)14-29(7,37)26(19(5)24(34)20(6)27(36)30-21)39-28-25(35)22(31(8)9)12-18(4)38-28/h16-22,24-26,28,34-35,37H,11-15H2,1-10H3,(H,30,36)/t17-,18-,19+,20-,21?,22+,24+,25-,26-,28+,29-/m1/s1. The van der Waals surface area contributed by atoms with Crippen LogP contribution in [0.2, 0.25) is 0 Å². The Bertz CT molecular complexity index is 808. The molecule has 0 aromatic rings. The van der Waals surface area contributed by atoms with Crippen LogP contribution >= 0.6 is 0 Å². The van der Waals surface area contributed by atoms with E-state index in [2.05, 4.69) is 5.32 Å². The third-order valence-corrected chi connectivity index (χ3v) is 8.41. The van der Waals surface area contributed by atoms with Crippen LogP contribution in [0.1, 0.15) is 74.1 Å². The molecule has 2 heterocycles. The quantitative estimate of drug-likeness (QED) is 0.401. The fraction of sp³-hybridized carbons (Fsp3) is 0.931. The van der Waals surface area contributed by atoms with Crippen LogP contribution in [0.3, 0.4) is 0 Å². The number of nitrogens with zero attached hydrogens (tertiary/aromatic N) is 2. The molecule has 228 valence electrons. The van der Waals surface area contributed by atoms with E-state index in [4.69, 9.17) is 9.47 Å². The fourth-order valence-electron chi connectivity index (χ4n) is 6.34. The number of rotatable bonds is 5. The molecule has 0 spiro atoms. The first-order chi connectivity index (χ1) is 17.9. The molecule has 2 amide bonds.